The second-order valence-electron chi connectivity index (χ2n) is 7.87. The Morgan fingerprint density at radius 1 is 1.19 bits per heavy atom. The third-order valence-corrected chi connectivity index (χ3v) is 5.05. The first-order valence-corrected chi connectivity index (χ1v) is 11.3. The molecular weight excluding hydrogens is 431 g/mol. The van der Waals surface area contributed by atoms with Crippen molar-refractivity contribution in [2.45, 2.75) is 52.7 Å². The molecule has 0 bridgehead atoms. The molecule has 3 unspecified atom stereocenters. The van der Waals surface area contributed by atoms with E-state index < -0.39 is 18.0 Å². The van der Waals surface area contributed by atoms with Crippen LogP contribution in [0.4, 0.5) is 10.5 Å². The number of nitrogens with one attached hydrogen (secondary N) is 3. The molecular formula is C22H35N4O5P. The van der Waals surface area contributed by atoms with Crippen LogP contribution in [0.15, 0.2) is 24.3 Å². The van der Waals surface area contributed by atoms with Crippen molar-refractivity contribution in [1.29, 1.82) is 1.28 Å². The van der Waals surface area contributed by atoms with Gasteiger partial charge < -0.3 is 26.4 Å². The van der Waals surface area contributed by atoms with Gasteiger partial charge in [-0.3, -0.25) is 14.4 Å². The summed E-state index contributed by atoms with van der Waals surface area (Å²) in [6.07, 6.45) is 1.36. The van der Waals surface area contributed by atoms with Gasteiger partial charge in [-0.25, -0.2) is 4.79 Å². The van der Waals surface area contributed by atoms with Crippen LogP contribution in [0, 0.1) is 11.8 Å². The topological polar surface area (TPSA) is 140 Å². The van der Waals surface area contributed by atoms with Crippen LogP contribution >= 0.6 is 9.18 Å². The lowest BCUT2D eigenvalue weighted by Crippen LogP contribution is -2.42. The van der Waals surface area contributed by atoms with Gasteiger partial charge in [0.05, 0.1) is 7.32 Å². The van der Waals surface area contributed by atoms with E-state index in [9.17, 15) is 19.2 Å². The molecule has 10 heteroatoms. The molecule has 1 aromatic rings. The highest BCUT2D eigenvalue weighted by Crippen LogP contribution is 2.19. The molecule has 3 atom stereocenters. The smallest absolute Gasteiger partial charge is 0.312 e. The van der Waals surface area contributed by atoms with Gasteiger partial charge in [0.2, 0.25) is 5.91 Å². The van der Waals surface area contributed by atoms with Crippen molar-refractivity contribution >= 4 is 38.6 Å². The van der Waals surface area contributed by atoms with Crippen molar-refractivity contribution in [3.63, 3.8) is 0 Å². The predicted molar refractivity (Wildman–Crippen MR) is 127 cm³/mol. The number of carbonyl (C=O) groups excluding carboxylic acids is 4. The molecule has 1 aromatic carbocycles. The number of Topliss-reactive ketones (excluding diaryl/α,β-unsaturated/α-hetero) is 1. The van der Waals surface area contributed by atoms with E-state index in [1.165, 1.54) is 6.92 Å². The van der Waals surface area contributed by atoms with E-state index in [1.54, 1.807) is 24.3 Å². The zero-order chi connectivity index (χ0) is 24.8. The molecule has 0 aliphatic rings. The Labute approximate surface area is 193 Å². The first kappa shape index (κ1) is 25.7. The number of hydrogen-bond acceptors (Lipinski definition) is 6. The summed E-state index contributed by atoms with van der Waals surface area (Å²) in [6, 6.07) is 5.84. The van der Waals surface area contributed by atoms with Gasteiger partial charge in [-0.05, 0) is 36.5 Å². The molecule has 1 rings (SSSR count). The number of esters is 1. The molecule has 0 aliphatic heterocycles. The Balaban J connectivity index is 2.84. The zero-order valence-corrected chi connectivity index (χ0v) is 19.9. The number of nitrogens with two attached hydrogens (primary N) is 1. The van der Waals surface area contributed by atoms with Crippen LogP contribution in [0.2, 0.25) is 0 Å². The third kappa shape index (κ3) is 10.7. The quantitative estimate of drug-likeness (QED) is 0.177. The van der Waals surface area contributed by atoms with Crippen LogP contribution in [-0.4, -0.2) is 43.8 Å². The summed E-state index contributed by atoms with van der Waals surface area (Å²) >= 11 is 0. The summed E-state index contributed by atoms with van der Waals surface area (Å²) in [7, 11) is -0.0692. The number of ether oxygens (including phenoxy) is 1. The Bertz CT molecular complexity index is 791. The van der Waals surface area contributed by atoms with Crippen LogP contribution in [0.5, 0.6) is 0 Å². The fourth-order valence-corrected chi connectivity index (χ4v) is 3.42. The lowest BCUT2D eigenvalue weighted by Gasteiger charge is -2.23. The van der Waals surface area contributed by atoms with Gasteiger partial charge in [-0.15, -0.1) is 9.18 Å². The minimum Gasteiger partial charge on any atom is -0.461 e. The number of anilines is 1. The van der Waals surface area contributed by atoms with Crippen molar-refractivity contribution in [3.8, 4) is 0 Å². The number of hydrogen-bond donors (Lipinski definition) is 4. The number of benzene rings is 1. The summed E-state index contributed by atoms with van der Waals surface area (Å²) in [5.74, 6) is -1.31. The summed E-state index contributed by atoms with van der Waals surface area (Å²) in [4.78, 5) is 47.8. The summed E-state index contributed by atoms with van der Waals surface area (Å²) in [6.45, 7) is 5.64. The van der Waals surface area contributed by atoms with Crippen molar-refractivity contribution in [1.82, 2.24) is 10.6 Å². The van der Waals surface area contributed by atoms with Gasteiger partial charge in [-0.1, -0.05) is 26.0 Å². The van der Waals surface area contributed by atoms with Crippen LogP contribution in [0.25, 0.3) is 0 Å². The minimum absolute atomic E-state index is 0.0267. The number of amides is 3. The molecule has 3 amide bonds. The van der Waals surface area contributed by atoms with Gasteiger partial charge in [0.1, 0.15) is 6.61 Å². The zero-order valence-electron chi connectivity index (χ0n) is 19.9. The standard InChI is InChI=1S/C22H35N4O5P/c1-14(2)20(25-13-32)19(28)11-17(5-4-10-24-22(23)30)21(29)26-18-8-6-16(7-9-18)12-31-15(3)27/h6-9,14,17,20,25H,4-5,10-13,32H2,1-3H3,(H,26,29)(H3,23,24,30)/i32D. The third-order valence-electron chi connectivity index (χ3n) is 4.85. The first-order chi connectivity index (χ1) is 15.6. The summed E-state index contributed by atoms with van der Waals surface area (Å²) in [5, 5.41) is 8.44. The number of urea groups is 1. The number of ketones is 1. The van der Waals surface area contributed by atoms with Crippen LogP contribution in [-0.2, 0) is 25.7 Å². The van der Waals surface area contributed by atoms with Crippen LogP contribution in [0.1, 0.15) is 45.6 Å². The van der Waals surface area contributed by atoms with E-state index in [4.69, 9.17) is 11.7 Å². The van der Waals surface area contributed by atoms with Gasteiger partial charge in [0.25, 0.3) is 0 Å². The van der Waals surface area contributed by atoms with E-state index in [1.807, 2.05) is 13.8 Å². The number of primary amides is 1. The Kier molecular flexibility index (Phi) is 11.7. The largest absolute Gasteiger partial charge is 0.461 e. The van der Waals surface area contributed by atoms with Crippen molar-refractivity contribution in [2.75, 3.05) is 18.1 Å². The molecule has 0 spiro atoms. The molecule has 0 aromatic heterocycles. The number of carbonyl (C=O) groups is 4. The molecule has 32 heavy (non-hydrogen) atoms. The second kappa shape index (κ2) is 14.5. The molecule has 0 saturated heterocycles. The van der Waals surface area contributed by atoms with E-state index >= 15 is 0 Å². The molecule has 0 aliphatic carbocycles. The maximum atomic E-state index is 13.0. The van der Waals surface area contributed by atoms with Crippen molar-refractivity contribution in [2.24, 2.45) is 17.6 Å². The number of rotatable bonds is 15. The maximum Gasteiger partial charge on any atom is 0.312 e. The highest BCUT2D eigenvalue weighted by Gasteiger charge is 2.27. The van der Waals surface area contributed by atoms with Crippen LogP contribution in [0.3, 0.4) is 0 Å². The molecule has 9 nitrogen and oxygen atoms in total. The van der Waals surface area contributed by atoms with E-state index in [0.29, 0.717) is 31.4 Å². The van der Waals surface area contributed by atoms with Crippen molar-refractivity contribution in [3.05, 3.63) is 29.8 Å². The lowest BCUT2D eigenvalue weighted by atomic mass is 9.89. The summed E-state index contributed by atoms with van der Waals surface area (Å²) in [5.41, 5.74) is 6.44. The van der Waals surface area contributed by atoms with Gasteiger partial charge in [0.15, 0.2) is 5.78 Å². The average Bonchev–Trinajstić information content (AvgIpc) is 2.75. The normalized spacial score (nSPS) is 13.4. The monoisotopic (exact) mass is 467 g/mol. The average molecular weight is 468 g/mol. The molecule has 0 radical (unpaired) electrons. The Hall–Kier alpha value is -2.51. The first-order valence-electron chi connectivity index (χ1n) is 11.1. The van der Waals surface area contributed by atoms with Gasteiger partial charge in [0, 0.05) is 37.8 Å². The minimum atomic E-state index is -0.638. The van der Waals surface area contributed by atoms with E-state index in [2.05, 4.69) is 16.0 Å². The lowest BCUT2D eigenvalue weighted by molar-refractivity contribution is -0.142. The van der Waals surface area contributed by atoms with E-state index in [-0.39, 0.29) is 45.8 Å². The fraction of sp³-hybridized carbons (Fsp3) is 0.545. The van der Waals surface area contributed by atoms with Crippen molar-refractivity contribution < 1.29 is 23.9 Å². The Morgan fingerprint density at radius 3 is 2.44 bits per heavy atom. The van der Waals surface area contributed by atoms with Gasteiger partial charge >= 0.3 is 12.0 Å². The highest BCUT2D eigenvalue weighted by atomic mass is 31.0. The second-order valence-corrected chi connectivity index (χ2v) is 8.22. The molecule has 178 valence electrons. The highest BCUT2D eigenvalue weighted by molar-refractivity contribution is 7.16. The molecule has 0 fully saturated rings. The van der Waals surface area contributed by atoms with Gasteiger partial charge in [-0.2, -0.15) is 0 Å². The van der Waals surface area contributed by atoms with Crippen LogP contribution < -0.4 is 21.7 Å². The molecule has 0 saturated carbocycles. The predicted octanol–water partition coefficient (Wildman–Crippen LogP) is 2.16. The SMILES string of the molecule is [2H]PCNC(C(=O)CC(CCCNC(N)=O)C(=O)Nc1ccc(COC(C)=O)cc1)C(C)C. The molecule has 0 heterocycles. The van der Waals surface area contributed by atoms with E-state index in [0.717, 1.165) is 5.56 Å². The maximum absolute atomic E-state index is 13.0. The molecule has 5 N–H and O–H groups in total. The Morgan fingerprint density at radius 2 is 1.88 bits per heavy atom. The summed E-state index contributed by atoms with van der Waals surface area (Å²) < 4.78 is 12.3. The fourth-order valence-electron chi connectivity index (χ4n) is 3.20.